The first-order valence-electron chi connectivity index (χ1n) is 10.1. The molecule has 3 rings (SSSR count). The number of aryl methyl sites for hydroxylation is 1. The summed E-state index contributed by atoms with van der Waals surface area (Å²) in [7, 11) is -3.54. The van der Waals surface area contributed by atoms with E-state index in [1.165, 1.54) is 29.8 Å². The minimum atomic E-state index is -3.54. The predicted molar refractivity (Wildman–Crippen MR) is 115 cm³/mol. The molecule has 1 saturated heterocycles. The minimum Gasteiger partial charge on any atom is -0.335 e. The first-order valence-corrected chi connectivity index (χ1v) is 11.6. The van der Waals surface area contributed by atoms with Gasteiger partial charge in [0.1, 0.15) is 0 Å². The second-order valence-electron chi connectivity index (χ2n) is 7.16. The van der Waals surface area contributed by atoms with Crippen LogP contribution in [-0.4, -0.2) is 62.8 Å². The number of piperazine rings is 1. The SMILES string of the molecule is CCNS(=O)(=O)c1ccc(C(=O)N2CCN(C(=O)c3ccc(CC)cc3)CC2)cc1. The van der Waals surface area contributed by atoms with E-state index in [0.29, 0.717) is 43.9 Å². The van der Waals surface area contributed by atoms with Crippen LogP contribution in [0.15, 0.2) is 53.4 Å². The maximum Gasteiger partial charge on any atom is 0.253 e. The number of rotatable bonds is 6. The Morgan fingerprint density at radius 1 is 0.800 bits per heavy atom. The van der Waals surface area contributed by atoms with Crippen molar-refractivity contribution in [3.63, 3.8) is 0 Å². The molecule has 1 fully saturated rings. The fourth-order valence-electron chi connectivity index (χ4n) is 3.41. The Labute approximate surface area is 177 Å². The van der Waals surface area contributed by atoms with E-state index in [1.54, 1.807) is 16.7 Å². The van der Waals surface area contributed by atoms with Gasteiger partial charge in [0.25, 0.3) is 11.8 Å². The smallest absolute Gasteiger partial charge is 0.253 e. The number of benzene rings is 2. The molecule has 8 heteroatoms. The van der Waals surface area contributed by atoms with E-state index in [9.17, 15) is 18.0 Å². The van der Waals surface area contributed by atoms with Crippen LogP contribution in [0.5, 0.6) is 0 Å². The largest absolute Gasteiger partial charge is 0.335 e. The highest BCUT2D eigenvalue weighted by atomic mass is 32.2. The zero-order valence-corrected chi connectivity index (χ0v) is 18.1. The van der Waals surface area contributed by atoms with Crippen LogP contribution in [0, 0.1) is 0 Å². The van der Waals surface area contributed by atoms with Gasteiger partial charge < -0.3 is 9.80 Å². The molecule has 0 bridgehead atoms. The summed E-state index contributed by atoms with van der Waals surface area (Å²) in [4.78, 5) is 29.0. The van der Waals surface area contributed by atoms with Crippen LogP contribution < -0.4 is 4.72 Å². The molecule has 0 radical (unpaired) electrons. The lowest BCUT2D eigenvalue weighted by Gasteiger charge is -2.35. The molecule has 2 aromatic carbocycles. The van der Waals surface area contributed by atoms with Crippen molar-refractivity contribution < 1.29 is 18.0 Å². The van der Waals surface area contributed by atoms with Crippen molar-refractivity contribution in [2.75, 3.05) is 32.7 Å². The summed E-state index contributed by atoms with van der Waals surface area (Å²) < 4.78 is 26.5. The monoisotopic (exact) mass is 429 g/mol. The van der Waals surface area contributed by atoms with Crippen LogP contribution in [0.25, 0.3) is 0 Å². The molecule has 1 aliphatic heterocycles. The molecule has 30 heavy (non-hydrogen) atoms. The van der Waals surface area contributed by atoms with Gasteiger partial charge in [-0.05, 0) is 48.4 Å². The highest BCUT2D eigenvalue weighted by Gasteiger charge is 2.25. The molecule has 0 atom stereocenters. The summed E-state index contributed by atoms with van der Waals surface area (Å²) in [5.41, 5.74) is 2.27. The standard InChI is InChI=1S/C22H27N3O4S/c1-3-17-5-7-18(8-6-17)21(26)24-13-15-25(16-14-24)22(27)19-9-11-20(12-10-19)30(28,29)23-4-2/h5-12,23H,3-4,13-16H2,1-2H3. The lowest BCUT2D eigenvalue weighted by atomic mass is 10.1. The van der Waals surface area contributed by atoms with Crippen molar-refractivity contribution in [3.05, 3.63) is 65.2 Å². The fourth-order valence-corrected chi connectivity index (χ4v) is 4.45. The van der Waals surface area contributed by atoms with Crippen molar-refractivity contribution in [2.45, 2.75) is 25.2 Å². The van der Waals surface area contributed by atoms with Crippen LogP contribution in [0.4, 0.5) is 0 Å². The van der Waals surface area contributed by atoms with E-state index in [0.717, 1.165) is 6.42 Å². The molecule has 1 aliphatic rings. The lowest BCUT2D eigenvalue weighted by molar-refractivity contribution is 0.0535. The van der Waals surface area contributed by atoms with E-state index in [1.807, 2.05) is 24.3 Å². The number of nitrogens with one attached hydrogen (secondary N) is 1. The number of hydrogen-bond donors (Lipinski definition) is 1. The Hall–Kier alpha value is -2.71. The first-order chi connectivity index (χ1) is 14.4. The van der Waals surface area contributed by atoms with Gasteiger partial charge in [0.05, 0.1) is 4.90 Å². The average Bonchev–Trinajstić information content (AvgIpc) is 2.78. The molecular formula is C22H27N3O4S. The third-order valence-corrected chi connectivity index (χ3v) is 6.77. The van der Waals surface area contributed by atoms with E-state index < -0.39 is 10.0 Å². The fraction of sp³-hybridized carbons (Fsp3) is 0.364. The first kappa shape index (κ1) is 22.0. The number of sulfonamides is 1. The number of carbonyl (C=O) groups excluding carboxylic acids is 2. The quantitative estimate of drug-likeness (QED) is 0.762. The van der Waals surface area contributed by atoms with Crippen LogP contribution in [0.2, 0.25) is 0 Å². The highest BCUT2D eigenvalue weighted by Crippen LogP contribution is 2.15. The Kier molecular flexibility index (Phi) is 6.89. The normalized spacial score (nSPS) is 14.6. The van der Waals surface area contributed by atoms with E-state index in [-0.39, 0.29) is 16.7 Å². The van der Waals surface area contributed by atoms with Crippen LogP contribution in [0.3, 0.4) is 0 Å². The lowest BCUT2D eigenvalue weighted by Crippen LogP contribution is -2.50. The van der Waals surface area contributed by atoms with Crippen LogP contribution in [0.1, 0.15) is 40.1 Å². The van der Waals surface area contributed by atoms with Gasteiger partial charge in [-0.3, -0.25) is 9.59 Å². The molecule has 0 aromatic heterocycles. The number of carbonyl (C=O) groups is 2. The Balaban J connectivity index is 1.60. The molecule has 0 unspecified atom stereocenters. The van der Waals surface area contributed by atoms with E-state index >= 15 is 0 Å². The molecule has 0 spiro atoms. The second kappa shape index (κ2) is 9.40. The molecule has 160 valence electrons. The number of amides is 2. The van der Waals surface area contributed by atoms with Crippen molar-refractivity contribution in [1.29, 1.82) is 0 Å². The van der Waals surface area contributed by atoms with E-state index in [4.69, 9.17) is 0 Å². The van der Waals surface area contributed by atoms with Gasteiger partial charge in [0, 0.05) is 43.9 Å². The molecule has 0 saturated carbocycles. The predicted octanol–water partition coefficient (Wildman–Crippen LogP) is 2.15. The molecular weight excluding hydrogens is 402 g/mol. The van der Waals surface area contributed by atoms with E-state index in [2.05, 4.69) is 11.6 Å². The van der Waals surface area contributed by atoms with Gasteiger partial charge in [0.2, 0.25) is 10.0 Å². The Morgan fingerprint density at radius 3 is 1.63 bits per heavy atom. The van der Waals surface area contributed by atoms with Crippen molar-refractivity contribution in [2.24, 2.45) is 0 Å². The zero-order valence-electron chi connectivity index (χ0n) is 17.3. The third kappa shape index (κ3) is 4.88. The second-order valence-corrected chi connectivity index (χ2v) is 8.93. The molecule has 2 amide bonds. The van der Waals surface area contributed by atoms with Crippen LogP contribution >= 0.6 is 0 Å². The zero-order chi connectivity index (χ0) is 21.7. The summed E-state index contributed by atoms with van der Waals surface area (Å²) in [5.74, 6) is -0.190. The molecule has 0 aliphatic carbocycles. The van der Waals surface area contributed by atoms with Gasteiger partial charge in [-0.1, -0.05) is 26.0 Å². The van der Waals surface area contributed by atoms with Gasteiger partial charge >= 0.3 is 0 Å². The van der Waals surface area contributed by atoms with Gasteiger partial charge in [-0.2, -0.15) is 0 Å². The minimum absolute atomic E-state index is 0.0252. The summed E-state index contributed by atoms with van der Waals surface area (Å²) >= 11 is 0. The summed E-state index contributed by atoms with van der Waals surface area (Å²) in [6.45, 7) is 5.89. The molecule has 7 nitrogen and oxygen atoms in total. The van der Waals surface area contributed by atoms with Gasteiger partial charge in [-0.25, -0.2) is 13.1 Å². The molecule has 1 heterocycles. The van der Waals surface area contributed by atoms with Crippen molar-refractivity contribution in [1.82, 2.24) is 14.5 Å². The van der Waals surface area contributed by atoms with Crippen molar-refractivity contribution >= 4 is 21.8 Å². The highest BCUT2D eigenvalue weighted by molar-refractivity contribution is 7.89. The van der Waals surface area contributed by atoms with Crippen LogP contribution in [-0.2, 0) is 16.4 Å². The summed E-state index contributed by atoms with van der Waals surface area (Å²) in [6.07, 6.45) is 0.928. The summed E-state index contributed by atoms with van der Waals surface area (Å²) in [5, 5.41) is 0. The molecule has 2 aromatic rings. The summed E-state index contributed by atoms with van der Waals surface area (Å²) in [6, 6.07) is 13.6. The average molecular weight is 430 g/mol. The topological polar surface area (TPSA) is 86.8 Å². The number of hydrogen-bond acceptors (Lipinski definition) is 4. The molecule has 1 N–H and O–H groups in total. The Morgan fingerprint density at radius 2 is 1.23 bits per heavy atom. The number of nitrogens with zero attached hydrogens (tertiary/aromatic N) is 2. The Bertz CT molecular complexity index is 994. The maximum atomic E-state index is 12.8. The maximum absolute atomic E-state index is 12.8. The van der Waals surface area contributed by atoms with Crippen molar-refractivity contribution in [3.8, 4) is 0 Å². The van der Waals surface area contributed by atoms with Gasteiger partial charge in [-0.15, -0.1) is 0 Å². The van der Waals surface area contributed by atoms with Gasteiger partial charge in [0.15, 0.2) is 0 Å². The third-order valence-electron chi connectivity index (χ3n) is 5.21.